The molecule has 114 valence electrons. The first-order chi connectivity index (χ1) is 9.92. The van der Waals surface area contributed by atoms with Crippen LogP contribution in [0.4, 0.5) is 0 Å². The first kappa shape index (κ1) is 17.2. The van der Waals surface area contributed by atoms with E-state index in [1.807, 2.05) is 19.1 Å². The number of hydrogen-bond donors (Lipinski definition) is 2. The number of rotatable bonds is 7. The van der Waals surface area contributed by atoms with Crippen LogP contribution in [-0.2, 0) is 14.3 Å². The summed E-state index contributed by atoms with van der Waals surface area (Å²) in [6, 6.07) is 5.49. The van der Waals surface area contributed by atoms with Crippen molar-refractivity contribution in [3.63, 3.8) is 0 Å². The lowest BCUT2D eigenvalue weighted by molar-refractivity contribution is -0.140. The van der Waals surface area contributed by atoms with E-state index in [0.717, 1.165) is 11.1 Å². The predicted octanol–water partition coefficient (Wildman–Crippen LogP) is 2.27. The Kier molecular flexibility index (Phi) is 6.91. The molecule has 2 N–H and O–H groups in total. The number of ether oxygens (including phenoxy) is 1. The number of aryl methyl sites for hydroxylation is 1. The fourth-order valence-corrected chi connectivity index (χ4v) is 1.78. The molecule has 0 bridgehead atoms. The van der Waals surface area contributed by atoms with Gasteiger partial charge in [-0.2, -0.15) is 0 Å². The molecule has 5 nitrogen and oxygen atoms in total. The average Bonchev–Trinajstić information content (AvgIpc) is 2.44. The lowest BCUT2D eigenvalue weighted by atomic mass is 10.1. The second kappa shape index (κ2) is 8.44. The Morgan fingerprint density at radius 1 is 1.48 bits per heavy atom. The number of aliphatic carboxylic acids is 1. The summed E-state index contributed by atoms with van der Waals surface area (Å²) in [4.78, 5) is 22.2. The SMILES string of the molecule is COC(CNC(=O)/C=C/c1ccc(C)c(Cl)c1)CC(=O)O. The van der Waals surface area contributed by atoms with Crippen LogP contribution in [-0.4, -0.2) is 36.7 Å². The Hall–Kier alpha value is -1.85. The zero-order valence-corrected chi connectivity index (χ0v) is 12.7. The van der Waals surface area contributed by atoms with Crippen LogP contribution >= 0.6 is 11.6 Å². The molecule has 0 radical (unpaired) electrons. The van der Waals surface area contributed by atoms with Gasteiger partial charge in [-0.25, -0.2) is 0 Å². The second-order valence-corrected chi connectivity index (χ2v) is 4.95. The number of benzene rings is 1. The molecule has 21 heavy (non-hydrogen) atoms. The smallest absolute Gasteiger partial charge is 0.306 e. The van der Waals surface area contributed by atoms with E-state index in [9.17, 15) is 9.59 Å². The van der Waals surface area contributed by atoms with Crippen LogP contribution in [0.1, 0.15) is 17.5 Å². The van der Waals surface area contributed by atoms with Crippen LogP contribution in [0, 0.1) is 6.92 Å². The maximum Gasteiger partial charge on any atom is 0.306 e. The monoisotopic (exact) mass is 311 g/mol. The Morgan fingerprint density at radius 2 is 2.19 bits per heavy atom. The molecule has 6 heteroatoms. The zero-order chi connectivity index (χ0) is 15.8. The summed E-state index contributed by atoms with van der Waals surface area (Å²) in [5.74, 6) is -1.29. The topological polar surface area (TPSA) is 75.6 Å². The number of carbonyl (C=O) groups excluding carboxylic acids is 1. The maximum atomic E-state index is 11.6. The molecule has 1 amide bonds. The Balaban J connectivity index is 2.50. The van der Waals surface area contributed by atoms with Gasteiger partial charge in [0, 0.05) is 24.8 Å². The molecular formula is C15H18ClNO4. The van der Waals surface area contributed by atoms with Gasteiger partial charge in [-0.1, -0.05) is 23.7 Å². The summed E-state index contributed by atoms with van der Waals surface area (Å²) < 4.78 is 4.97. The summed E-state index contributed by atoms with van der Waals surface area (Å²) in [5, 5.41) is 11.9. The number of halogens is 1. The van der Waals surface area contributed by atoms with E-state index in [-0.39, 0.29) is 18.9 Å². The zero-order valence-electron chi connectivity index (χ0n) is 11.9. The number of hydrogen-bond acceptors (Lipinski definition) is 3. The molecule has 1 unspecified atom stereocenters. The van der Waals surface area contributed by atoms with E-state index in [4.69, 9.17) is 21.4 Å². The first-order valence-corrected chi connectivity index (χ1v) is 6.77. The van der Waals surface area contributed by atoms with Crippen LogP contribution in [0.3, 0.4) is 0 Å². The Bertz CT molecular complexity index is 542. The van der Waals surface area contributed by atoms with Crippen LogP contribution in [0.25, 0.3) is 6.08 Å². The molecule has 0 spiro atoms. The van der Waals surface area contributed by atoms with Gasteiger partial charge in [0.1, 0.15) is 0 Å². The number of carboxylic acids is 1. The number of methoxy groups -OCH3 is 1. The van der Waals surface area contributed by atoms with Crippen LogP contribution in [0.15, 0.2) is 24.3 Å². The molecular weight excluding hydrogens is 294 g/mol. The van der Waals surface area contributed by atoms with Crippen LogP contribution in [0.2, 0.25) is 5.02 Å². The molecule has 0 saturated carbocycles. The van der Waals surface area contributed by atoms with Crippen molar-refractivity contribution in [3.8, 4) is 0 Å². The molecule has 1 rings (SSSR count). The van der Waals surface area contributed by atoms with E-state index in [1.54, 1.807) is 12.1 Å². The van der Waals surface area contributed by atoms with Crippen molar-refractivity contribution in [2.75, 3.05) is 13.7 Å². The third-order valence-electron chi connectivity index (χ3n) is 2.86. The molecule has 0 aromatic heterocycles. The van der Waals surface area contributed by atoms with Crippen LogP contribution < -0.4 is 5.32 Å². The highest BCUT2D eigenvalue weighted by Crippen LogP contribution is 2.17. The molecule has 0 saturated heterocycles. The summed E-state index contributed by atoms with van der Waals surface area (Å²) in [6.07, 6.45) is 2.30. The number of amides is 1. The molecule has 1 atom stereocenters. The average molecular weight is 312 g/mol. The lowest BCUT2D eigenvalue weighted by Crippen LogP contribution is -2.33. The number of nitrogens with one attached hydrogen (secondary N) is 1. The quantitative estimate of drug-likeness (QED) is 0.757. The van der Waals surface area contributed by atoms with Gasteiger partial charge in [0.2, 0.25) is 5.91 Å². The maximum absolute atomic E-state index is 11.6. The summed E-state index contributed by atoms with van der Waals surface area (Å²) in [7, 11) is 1.41. The van der Waals surface area contributed by atoms with Gasteiger partial charge < -0.3 is 15.2 Å². The van der Waals surface area contributed by atoms with Crippen molar-refractivity contribution in [3.05, 3.63) is 40.4 Å². The fraction of sp³-hybridized carbons (Fsp3) is 0.333. The van der Waals surface area contributed by atoms with Gasteiger partial charge in [-0.3, -0.25) is 9.59 Å². The van der Waals surface area contributed by atoms with Crippen molar-refractivity contribution in [2.24, 2.45) is 0 Å². The van der Waals surface area contributed by atoms with E-state index in [0.29, 0.717) is 5.02 Å². The normalized spacial score (nSPS) is 12.3. The van der Waals surface area contributed by atoms with Crippen molar-refractivity contribution < 1.29 is 19.4 Å². The Morgan fingerprint density at radius 3 is 2.76 bits per heavy atom. The summed E-state index contributed by atoms with van der Waals surface area (Å²) in [6.45, 7) is 2.04. The summed E-state index contributed by atoms with van der Waals surface area (Å²) in [5.41, 5.74) is 1.78. The molecule has 0 aliphatic rings. The third kappa shape index (κ3) is 6.42. The van der Waals surface area contributed by atoms with Gasteiger partial charge in [0.25, 0.3) is 0 Å². The van der Waals surface area contributed by atoms with Crippen molar-refractivity contribution in [1.82, 2.24) is 5.32 Å². The summed E-state index contributed by atoms with van der Waals surface area (Å²) >= 11 is 5.99. The van der Waals surface area contributed by atoms with Gasteiger partial charge >= 0.3 is 5.97 Å². The predicted molar refractivity (Wildman–Crippen MR) is 81.3 cm³/mol. The van der Waals surface area contributed by atoms with E-state index in [2.05, 4.69) is 5.32 Å². The van der Waals surface area contributed by atoms with E-state index in [1.165, 1.54) is 13.2 Å². The Labute approximate surface area is 128 Å². The van der Waals surface area contributed by atoms with Crippen molar-refractivity contribution >= 4 is 29.6 Å². The molecule has 0 heterocycles. The van der Waals surface area contributed by atoms with Crippen molar-refractivity contribution in [1.29, 1.82) is 0 Å². The minimum Gasteiger partial charge on any atom is -0.481 e. The fourth-order valence-electron chi connectivity index (χ4n) is 1.59. The minimum absolute atomic E-state index is 0.140. The van der Waals surface area contributed by atoms with Gasteiger partial charge in [-0.15, -0.1) is 0 Å². The molecule has 0 aliphatic carbocycles. The van der Waals surface area contributed by atoms with Gasteiger partial charge in [0.05, 0.1) is 12.5 Å². The highest BCUT2D eigenvalue weighted by molar-refractivity contribution is 6.31. The molecule has 1 aromatic rings. The molecule has 0 fully saturated rings. The molecule has 1 aromatic carbocycles. The van der Waals surface area contributed by atoms with Crippen LogP contribution in [0.5, 0.6) is 0 Å². The lowest BCUT2D eigenvalue weighted by Gasteiger charge is -2.12. The van der Waals surface area contributed by atoms with Gasteiger partial charge in [-0.05, 0) is 30.2 Å². The van der Waals surface area contributed by atoms with Gasteiger partial charge in [0.15, 0.2) is 0 Å². The van der Waals surface area contributed by atoms with E-state index < -0.39 is 12.1 Å². The number of carboxylic acid groups (broad SMARTS) is 1. The number of carbonyl (C=O) groups is 2. The highest BCUT2D eigenvalue weighted by atomic mass is 35.5. The highest BCUT2D eigenvalue weighted by Gasteiger charge is 2.12. The van der Waals surface area contributed by atoms with E-state index >= 15 is 0 Å². The minimum atomic E-state index is -0.971. The third-order valence-corrected chi connectivity index (χ3v) is 3.27. The molecule has 0 aliphatic heterocycles. The largest absolute Gasteiger partial charge is 0.481 e. The van der Waals surface area contributed by atoms with Crippen molar-refractivity contribution in [2.45, 2.75) is 19.4 Å². The second-order valence-electron chi connectivity index (χ2n) is 4.54. The first-order valence-electron chi connectivity index (χ1n) is 6.39. The standard InChI is InChI=1S/C15H18ClNO4/c1-10-3-4-11(7-13(10)16)5-6-14(18)17-9-12(21-2)8-15(19)20/h3-7,12H,8-9H2,1-2H3,(H,17,18)(H,19,20)/b6-5+.